The maximum absolute atomic E-state index is 12.9. The van der Waals surface area contributed by atoms with Crippen molar-refractivity contribution in [3.8, 4) is 23.0 Å². The van der Waals surface area contributed by atoms with Gasteiger partial charge in [-0.25, -0.2) is 4.79 Å². The molecule has 136 valence electrons. The van der Waals surface area contributed by atoms with Crippen LogP contribution < -0.4 is 56.1 Å². The van der Waals surface area contributed by atoms with E-state index in [4.69, 9.17) is 9.47 Å². The number of carbonyl (C=O) groups excluding carboxylic acids is 1. The van der Waals surface area contributed by atoms with Crippen LogP contribution in [0.1, 0.15) is 28.5 Å². The zero-order valence-corrected chi connectivity index (χ0v) is 20.8. The second-order valence-electron chi connectivity index (χ2n) is 6.32. The molecule has 2 aliphatic rings. The molecule has 0 bridgehead atoms. The van der Waals surface area contributed by atoms with Crippen molar-refractivity contribution in [1.29, 1.82) is 0 Å². The second kappa shape index (κ2) is 7.12. The third kappa shape index (κ3) is 2.74. The number of ether oxygens (including phenoxy) is 2. The number of benzene rings is 3. The van der Waals surface area contributed by atoms with Crippen molar-refractivity contribution >= 4 is 37.8 Å². The third-order valence-corrected chi connectivity index (χ3v) is 6.85. The summed E-state index contributed by atoms with van der Waals surface area (Å²) in [5.74, 6) is 0.279. The molecule has 8 heteroatoms. The Morgan fingerprint density at radius 2 is 1.39 bits per heavy atom. The second-order valence-corrected chi connectivity index (χ2v) is 7.96. The summed E-state index contributed by atoms with van der Waals surface area (Å²) < 4.78 is 13.2. The average molecular weight is 530 g/mol. The number of phenolic OH excluding ortho intramolecular Hbond substituents is 2. The topological polar surface area (TPSA) is 76.0 Å². The predicted molar refractivity (Wildman–Crippen MR) is 105 cm³/mol. The summed E-state index contributed by atoms with van der Waals surface area (Å²) in [4.78, 5) is 12.9. The summed E-state index contributed by atoms with van der Waals surface area (Å²) in [7, 11) is 0. The number of phenols is 2. The number of fused-ring (bicyclic) bond motifs is 6. The van der Waals surface area contributed by atoms with E-state index in [1.807, 2.05) is 12.1 Å². The Hall–Kier alpha value is -0.874. The van der Waals surface area contributed by atoms with Gasteiger partial charge in [-0.15, -0.1) is 0 Å². The van der Waals surface area contributed by atoms with Crippen molar-refractivity contribution in [1.82, 2.24) is 0 Å². The quantitative estimate of drug-likeness (QED) is 0.345. The van der Waals surface area contributed by atoms with Crippen molar-refractivity contribution in [3.63, 3.8) is 0 Å². The van der Waals surface area contributed by atoms with Gasteiger partial charge in [-0.1, -0.05) is 6.07 Å². The van der Waals surface area contributed by atoms with Gasteiger partial charge in [0.1, 0.15) is 23.0 Å². The van der Waals surface area contributed by atoms with Crippen molar-refractivity contribution in [2.45, 2.75) is 5.60 Å². The molecule has 0 fully saturated rings. The number of carbonyl (C=O) groups is 1. The Balaban J connectivity index is 0.00000120. The van der Waals surface area contributed by atoms with Gasteiger partial charge in [0.15, 0.2) is 5.60 Å². The molecule has 0 aliphatic carbocycles. The van der Waals surface area contributed by atoms with Gasteiger partial charge in [-0.3, -0.25) is 0 Å². The summed E-state index contributed by atoms with van der Waals surface area (Å²) in [5, 5.41) is 19.8. The monoisotopic (exact) mass is 528 g/mol. The molecular formula is C20H11Br2KO5. The van der Waals surface area contributed by atoms with E-state index >= 15 is 0 Å². The van der Waals surface area contributed by atoms with Crippen molar-refractivity contribution in [2.75, 3.05) is 0 Å². The van der Waals surface area contributed by atoms with Crippen LogP contribution in [0.4, 0.5) is 0 Å². The third-order valence-electron chi connectivity index (χ3n) is 4.83. The molecule has 0 radical (unpaired) electrons. The molecule has 5 rings (SSSR count). The van der Waals surface area contributed by atoms with E-state index in [2.05, 4.69) is 31.9 Å². The number of hydrogen-bond acceptors (Lipinski definition) is 5. The van der Waals surface area contributed by atoms with Crippen LogP contribution in [-0.4, -0.2) is 16.2 Å². The van der Waals surface area contributed by atoms with Gasteiger partial charge in [-0.2, -0.15) is 0 Å². The molecular weight excluding hydrogens is 519 g/mol. The van der Waals surface area contributed by atoms with Crippen LogP contribution in [0.2, 0.25) is 0 Å². The Morgan fingerprint density at radius 1 is 0.857 bits per heavy atom. The van der Waals surface area contributed by atoms with E-state index in [1.54, 1.807) is 12.1 Å². The number of halogens is 2. The van der Waals surface area contributed by atoms with Crippen molar-refractivity contribution < 1.29 is 77.3 Å². The number of rotatable bonds is 0. The van der Waals surface area contributed by atoms with Gasteiger partial charge in [0.2, 0.25) is 0 Å². The van der Waals surface area contributed by atoms with Crippen LogP contribution in [-0.2, 0) is 10.3 Å². The number of esters is 1. The molecule has 28 heavy (non-hydrogen) atoms. The molecule has 0 atom stereocenters. The van der Waals surface area contributed by atoms with Crippen LogP contribution in [0.5, 0.6) is 23.0 Å². The van der Waals surface area contributed by atoms with Crippen molar-refractivity contribution in [3.05, 3.63) is 79.7 Å². The van der Waals surface area contributed by atoms with Crippen LogP contribution in [0, 0.1) is 0 Å². The van der Waals surface area contributed by atoms with Crippen LogP contribution in [0.25, 0.3) is 0 Å². The zero-order chi connectivity index (χ0) is 18.9. The van der Waals surface area contributed by atoms with Gasteiger partial charge in [0.25, 0.3) is 0 Å². The molecule has 2 heterocycles. The van der Waals surface area contributed by atoms with E-state index in [9.17, 15) is 15.0 Å². The van der Waals surface area contributed by atoms with E-state index in [1.165, 1.54) is 24.3 Å². The molecule has 0 amide bonds. The van der Waals surface area contributed by atoms with Gasteiger partial charge >= 0.3 is 57.4 Å². The summed E-state index contributed by atoms with van der Waals surface area (Å²) in [6.45, 7) is 0. The van der Waals surface area contributed by atoms with Gasteiger partial charge in [0, 0.05) is 37.8 Å². The first kappa shape index (κ1) is 20.4. The molecule has 1 spiro atoms. The Labute approximate surface area is 220 Å². The standard InChI is InChI=1S/C20H10Br2O5.K.H/c21-14-6-5-13-17(18(14)22)19(25)27-20(13)11-3-1-9(23)7-15(11)26-16-8-10(24)2-4-12(16)20;;/h1-8,23-24H;;/q;+1;-1. The van der Waals surface area contributed by atoms with Crippen LogP contribution >= 0.6 is 31.9 Å². The fourth-order valence-corrected chi connectivity index (χ4v) is 4.56. The van der Waals surface area contributed by atoms with Crippen LogP contribution in [0.15, 0.2) is 57.5 Å². The summed E-state index contributed by atoms with van der Waals surface area (Å²) in [5.41, 5.74) is 1.04. The largest absolute Gasteiger partial charge is 1.00 e. The van der Waals surface area contributed by atoms with E-state index < -0.39 is 11.6 Å². The minimum atomic E-state index is -1.24. The zero-order valence-electron chi connectivity index (χ0n) is 15.5. The predicted octanol–water partition coefficient (Wildman–Crippen LogP) is 2.31. The summed E-state index contributed by atoms with van der Waals surface area (Å²) >= 11 is 6.89. The Kier molecular flexibility index (Phi) is 5.19. The molecule has 2 aliphatic heterocycles. The molecule has 3 aromatic carbocycles. The van der Waals surface area contributed by atoms with E-state index in [0.29, 0.717) is 38.2 Å². The number of hydrogen-bond donors (Lipinski definition) is 2. The Bertz CT molecular complexity index is 1120. The SMILES string of the molecule is O=C1OC2(c3ccc(O)cc3Oc3cc(O)ccc32)c2ccc(Br)c(Br)c21.[H-].[K+]. The normalized spacial score (nSPS) is 15.0. The minimum absolute atomic E-state index is 0. The molecule has 2 N–H and O–H groups in total. The first-order chi connectivity index (χ1) is 12.9. The first-order valence-electron chi connectivity index (χ1n) is 7.98. The molecule has 0 saturated carbocycles. The molecule has 3 aromatic rings. The van der Waals surface area contributed by atoms with Crippen LogP contribution in [0.3, 0.4) is 0 Å². The van der Waals surface area contributed by atoms with Gasteiger partial charge in [0.05, 0.1) is 5.56 Å². The maximum Gasteiger partial charge on any atom is 1.00 e. The first-order valence-corrected chi connectivity index (χ1v) is 9.57. The Morgan fingerprint density at radius 3 is 1.96 bits per heavy atom. The fraction of sp³-hybridized carbons (Fsp3) is 0.0500. The van der Waals surface area contributed by atoms with Gasteiger partial charge in [-0.05, 0) is 62.2 Å². The maximum atomic E-state index is 12.9. The molecule has 0 unspecified atom stereocenters. The molecule has 0 saturated heterocycles. The van der Waals surface area contributed by atoms with E-state index in [0.717, 1.165) is 4.47 Å². The van der Waals surface area contributed by atoms with Crippen molar-refractivity contribution in [2.24, 2.45) is 0 Å². The number of aromatic hydroxyl groups is 2. The van der Waals surface area contributed by atoms with E-state index in [-0.39, 0.29) is 64.3 Å². The molecule has 5 nitrogen and oxygen atoms in total. The summed E-state index contributed by atoms with van der Waals surface area (Å²) in [6, 6.07) is 13.0. The minimum Gasteiger partial charge on any atom is -1.00 e. The van der Waals surface area contributed by atoms with Gasteiger partial charge < -0.3 is 21.1 Å². The summed E-state index contributed by atoms with van der Waals surface area (Å²) in [6.07, 6.45) is 0. The smallest absolute Gasteiger partial charge is 1.00 e. The fourth-order valence-electron chi connectivity index (χ4n) is 3.72. The molecule has 0 aromatic heterocycles. The average Bonchev–Trinajstić information content (AvgIpc) is 2.91.